The number of furan rings is 1. The molecule has 4 aromatic rings. The Bertz CT molecular complexity index is 1090. The minimum absolute atomic E-state index is 0.253. The van der Waals surface area contributed by atoms with Gasteiger partial charge in [-0.25, -0.2) is 0 Å². The van der Waals surface area contributed by atoms with Gasteiger partial charge in [-0.1, -0.05) is 41.6 Å². The molecule has 0 saturated heterocycles. The second-order valence-electron chi connectivity index (χ2n) is 6.18. The number of nitrogens with zero attached hydrogens (tertiary/aromatic N) is 3. The number of anilines is 1. The Morgan fingerprint density at radius 2 is 1.86 bits per heavy atom. The first-order valence-corrected chi connectivity index (χ1v) is 8.71. The van der Waals surface area contributed by atoms with Crippen molar-refractivity contribution in [2.45, 2.75) is 6.54 Å². The summed E-state index contributed by atoms with van der Waals surface area (Å²) in [6, 6.07) is 18.3. The number of hydrogen-bond acceptors (Lipinski definition) is 6. The van der Waals surface area contributed by atoms with Gasteiger partial charge in [0.15, 0.2) is 5.76 Å². The van der Waals surface area contributed by atoms with E-state index in [0.29, 0.717) is 29.5 Å². The van der Waals surface area contributed by atoms with E-state index in [4.69, 9.17) is 14.7 Å². The van der Waals surface area contributed by atoms with Crippen molar-refractivity contribution in [3.63, 3.8) is 0 Å². The lowest BCUT2D eigenvalue weighted by Crippen LogP contribution is -2.26. The largest absolute Gasteiger partial charge is 0.459 e. The number of hydrogen-bond donors (Lipinski definition) is 1. The molecular weight excluding hydrogens is 356 g/mol. The molecular formula is C21H18N4O3. The van der Waals surface area contributed by atoms with E-state index in [0.717, 1.165) is 11.1 Å². The fourth-order valence-electron chi connectivity index (χ4n) is 2.86. The summed E-state index contributed by atoms with van der Waals surface area (Å²) < 4.78 is 10.7. The Labute approximate surface area is 161 Å². The van der Waals surface area contributed by atoms with Gasteiger partial charge in [-0.15, -0.1) is 0 Å². The standard InChI is InChI=1S/C21H18N4O3/c1-25(21(26)18-7-4-12-27-18)17-6-3-2-5-16(17)20-23-19(24-28-20)15-10-8-14(13-22)9-11-15/h2-12H,13,22H2,1H3. The maximum absolute atomic E-state index is 12.6. The molecule has 0 bridgehead atoms. The number of carbonyl (C=O) groups excluding carboxylic acids is 1. The lowest BCUT2D eigenvalue weighted by Gasteiger charge is -2.18. The van der Waals surface area contributed by atoms with Crippen molar-refractivity contribution >= 4 is 11.6 Å². The molecule has 0 aliphatic heterocycles. The molecule has 0 aliphatic carbocycles. The molecule has 2 aromatic heterocycles. The van der Waals surface area contributed by atoms with Crippen LogP contribution >= 0.6 is 0 Å². The van der Waals surface area contributed by atoms with Crippen LogP contribution < -0.4 is 10.6 Å². The topological polar surface area (TPSA) is 98.4 Å². The molecule has 2 heterocycles. The van der Waals surface area contributed by atoms with E-state index in [1.54, 1.807) is 19.2 Å². The average molecular weight is 374 g/mol. The molecule has 0 fully saturated rings. The van der Waals surface area contributed by atoms with Gasteiger partial charge in [0, 0.05) is 19.2 Å². The van der Waals surface area contributed by atoms with Crippen LogP contribution in [0.1, 0.15) is 16.1 Å². The minimum atomic E-state index is -0.269. The molecule has 0 atom stereocenters. The first kappa shape index (κ1) is 17.7. The van der Waals surface area contributed by atoms with Gasteiger partial charge in [-0.2, -0.15) is 4.98 Å². The normalized spacial score (nSPS) is 10.8. The predicted molar refractivity (Wildman–Crippen MR) is 105 cm³/mol. The maximum atomic E-state index is 12.6. The maximum Gasteiger partial charge on any atom is 0.293 e. The SMILES string of the molecule is CN(C(=O)c1ccco1)c1ccccc1-c1nc(-c2ccc(CN)cc2)no1. The van der Waals surface area contributed by atoms with E-state index >= 15 is 0 Å². The van der Waals surface area contributed by atoms with Crippen LogP contribution in [0.15, 0.2) is 75.9 Å². The van der Waals surface area contributed by atoms with Gasteiger partial charge in [0.05, 0.1) is 17.5 Å². The van der Waals surface area contributed by atoms with Crippen LogP contribution in [0.3, 0.4) is 0 Å². The summed E-state index contributed by atoms with van der Waals surface area (Å²) in [6.45, 7) is 0.473. The molecule has 7 nitrogen and oxygen atoms in total. The number of benzene rings is 2. The summed E-state index contributed by atoms with van der Waals surface area (Å²) in [5, 5.41) is 4.07. The summed E-state index contributed by atoms with van der Waals surface area (Å²) in [6.07, 6.45) is 1.47. The molecule has 0 saturated carbocycles. The van der Waals surface area contributed by atoms with Crippen LogP contribution in [-0.4, -0.2) is 23.1 Å². The Kier molecular flexibility index (Phi) is 4.74. The van der Waals surface area contributed by atoms with Crippen molar-refractivity contribution in [1.29, 1.82) is 0 Å². The summed E-state index contributed by atoms with van der Waals surface area (Å²) in [7, 11) is 1.67. The average Bonchev–Trinajstić information content (AvgIpc) is 3.45. The third kappa shape index (κ3) is 3.30. The molecule has 4 rings (SSSR count). The van der Waals surface area contributed by atoms with E-state index in [2.05, 4.69) is 10.1 Å². The number of rotatable bonds is 5. The first-order valence-electron chi connectivity index (χ1n) is 8.71. The van der Waals surface area contributed by atoms with Gasteiger partial charge in [0.25, 0.3) is 11.8 Å². The van der Waals surface area contributed by atoms with E-state index < -0.39 is 0 Å². The summed E-state index contributed by atoms with van der Waals surface area (Å²) in [5.74, 6) is 0.777. The van der Waals surface area contributed by atoms with Gasteiger partial charge in [-0.3, -0.25) is 4.79 Å². The summed E-state index contributed by atoms with van der Waals surface area (Å²) in [5.41, 5.74) is 8.77. The Morgan fingerprint density at radius 1 is 1.07 bits per heavy atom. The monoisotopic (exact) mass is 374 g/mol. The second-order valence-corrected chi connectivity index (χ2v) is 6.18. The highest BCUT2D eigenvalue weighted by Gasteiger charge is 2.21. The number of para-hydroxylation sites is 1. The molecule has 2 N–H and O–H groups in total. The Hall–Kier alpha value is -3.71. The van der Waals surface area contributed by atoms with Crippen molar-refractivity contribution in [3.05, 3.63) is 78.3 Å². The van der Waals surface area contributed by atoms with Crippen molar-refractivity contribution in [2.24, 2.45) is 5.73 Å². The van der Waals surface area contributed by atoms with Crippen LogP contribution in [0.2, 0.25) is 0 Å². The van der Waals surface area contributed by atoms with Crippen molar-refractivity contribution < 1.29 is 13.7 Å². The molecule has 0 aliphatic rings. The summed E-state index contributed by atoms with van der Waals surface area (Å²) in [4.78, 5) is 18.6. The third-order valence-electron chi connectivity index (χ3n) is 4.41. The van der Waals surface area contributed by atoms with Gasteiger partial charge in [0.1, 0.15) is 0 Å². The second kappa shape index (κ2) is 7.50. The van der Waals surface area contributed by atoms with Crippen LogP contribution in [0, 0.1) is 0 Å². The molecule has 2 aromatic carbocycles. The van der Waals surface area contributed by atoms with Gasteiger partial charge in [0.2, 0.25) is 5.82 Å². The number of aromatic nitrogens is 2. The van der Waals surface area contributed by atoms with Crippen LogP contribution in [-0.2, 0) is 6.54 Å². The molecule has 140 valence electrons. The van der Waals surface area contributed by atoms with Gasteiger partial charge in [-0.05, 0) is 29.8 Å². The zero-order chi connectivity index (χ0) is 19.5. The minimum Gasteiger partial charge on any atom is -0.459 e. The Balaban J connectivity index is 1.67. The van der Waals surface area contributed by atoms with Gasteiger partial charge < -0.3 is 19.6 Å². The first-order chi connectivity index (χ1) is 13.7. The van der Waals surface area contributed by atoms with Crippen molar-refractivity contribution in [1.82, 2.24) is 10.1 Å². The van der Waals surface area contributed by atoms with Crippen molar-refractivity contribution in [3.8, 4) is 22.8 Å². The molecule has 0 unspecified atom stereocenters. The highest BCUT2D eigenvalue weighted by Crippen LogP contribution is 2.31. The third-order valence-corrected chi connectivity index (χ3v) is 4.41. The molecule has 0 spiro atoms. The highest BCUT2D eigenvalue weighted by atomic mass is 16.5. The lowest BCUT2D eigenvalue weighted by molar-refractivity contribution is 0.0966. The summed E-state index contributed by atoms with van der Waals surface area (Å²) >= 11 is 0. The number of amides is 1. The quantitative estimate of drug-likeness (QED) is 0.571. The van der Waals surface area contributed by atoms with E-state index in [1.807, 2.05) is 48.5 Å². The predicted octanol–water partition coefficient (Wildman–Crippen LogP) is 3.73. The van der Waals surface area contributed by atoms with Crippen LogP contribution in [0.4, 0.5) is 5.69 Å². The fraction of sp³-hybridized carbons (Fsp3) is 0.0952. The highest BCUT2D eigenvalue weighted by molar-refractivity contribution is 6.05. The molecule has 0 radical (unpaired) electrons. The Morgan fingerprint density at radius 3 is 2.57 bits per heavy atom. The molecule has 7 heteroatoms. The zero-order valence-corrected chi connectivity index (χ0v) is 15.2. The lowest BCUT2D eigenvalue weighted by atomic mass is 10.1. The van der Waals surface area contributed by atoms with E-state index in [-0.39, 0.29) is 11.7 Å². The smallest absolute Gasteiger partial charge is 0.293 e. The van der Waals surface area contributed by atoms with Crippen molar-refractivity contribution in [2.75, 3.05) is 11.9 Å². The van der Waals surface area contributed by atoms with E-state index in [1.165, 1.54) is 11.2 Å². The molecule has 28 heavy (non-hydrogen) atoms. The molecule has 1 amide bonds. The van der Waals surface area contributed by atoms with Crippen LogP contribution in [0.5, 0.6) is 0 Å². The number of nitrogens with two attached hydrogens (primary N) is 1. The number of carbonyl (C=O) groups is 1. The van der Waals surface area contributed by atoms with E-state index in [9.17, 15) is 4.79 Å². The fourth-order valence-corrected chi connectivity index (χ4v) is 2.86. The zero-order valence-electron chi connectivity index (χ0n) is 15.2. The van der Waals surface area contributed by atoms with Crippen LogP contribution in [0.25, 0.3) is 22.8 Å². The van der Waals surface area contributed by atoms with Gasteiger partial charge >= 0.3 is 0 Å².